The molecule has 3 aromatic heterocycles. The molecule has 20 heavy (non-hydrogen) atoms. The molecule has 0 atom stereocenters. The minimum Gasteiger partial charge on any atom is -0.497 e. The molecule has 0 amide bonds. The van der Waals surface area contributed by atoms with Gasteiger partial charge in [0.2, 0.25) is 0 Å². The zero-order chi connectivity index (χ0) is 14.1. The number of fused-ring (bicyclic) bond motifs is 1. The zero-order valence-electron chi connectivity index (χ0n) is 10.4. The van der Waals surface area contributed by atoms with Crippen molar-refractivity contribution in [3.63, 3.8) is 0 Å². The number of hydrogen-bond acceptors (Lipinski definition) is 6. The Bertz CT molecular complexity index is 891. The summed E-state index contributed by atoms with van der Waals surface area (Å²) in [5.74, 6) is 0.981. The van der Waals surface area contributed by atoms with E-state index < -0.39 is 0 Å². The number of H-pyrrole nitrogens is 1. The van der Waals surface area contributed by atoms with Crippen molar-refractivity contribution in [2.24, 2.45) is 0 Å². The van der Waals surface area contributed by atoms with Crippen molar-refractivity contribution in [1.82, 2.24) is 15.0 Å². The highest BCUT2D eigenvalue weighted by molar-refractivity contribution is 7.17. The Labute approximate surface area is 117 Å². The highest BCUT2D eigenvalue weighted by Crippen LogP contribution is 2.23. The fourth-order valence-corrected chi connectivity index (χ4v) is 2.68. The molecule has 0 aliphatic carbocycles. The van der Waals surface area contributed by atoms with Gasteiger partial charge in [-0.15, -0.1) is 11.3 Å². The second-order valence-corrected chi connectivity index (χ2v) is 4.79. The molecule has 0 radical (unpaired) electrons. The van der Waals surface area contributed by atoms with Gasteiger partial charge in [-0.2, -0.15) is 5.26 Å². The predicted octanol–water partition coefficient (Wildman–Crippen LogP) is 1.93. The number of methoxy groups -OCH3 is 1. The van der Waals surface area contributed by atoms with Crippen molar-refractivity contribution in [2.75, 3.05) is 7.11 Å². The molecule has 1 N–H and O–H groups in total. The topological polar surface area (TPSA) is 91.7 Å². The maximum absolute atomic E-state index is 12.1. The number of rotatable bonds is 2. The van der Waals surface area contributed by atoms with Crippen LogP contribution in [0.5, 0.6) is 5.75 Å². The minimum atomic E-state index is -0.340. The van der Waals surface area contributed by atoms with Gasteiger partial charge in [-0.1, -0.05) is 0 Å². The van der Waals surface area contributed by atoms with Crippen LogP contribution in [0.4, 0.5) is 0 Å². The molecule has 0 unspecified atom stereocenters. The fraction of sp³-hybridized carbons (Fsp3) is 0.0769. The van der Waals surface area contributed by atoms with Crippen LogP contribution in [0, 0.1) is 11.3 Å². The van der Waals surface area contributed by atoms with E-state index in [1.54, 1.807) is 30.8 Å². The molecule has 0 aromatic carbocycles. The summed E-state index contributed by atoms with van der Waals surface area (Å²) >= 11 is 1.26. The molecular weight excluding hydrogens is 276 g/mol. The number of thiophene rings is 1. The van der Waals surface area contributed by atoms with Crippen molar-refractivity contribution in [3.05, 3.63) is 39.6 Å². The molecule has 0 saturated carbocycles. The lowest BCUT2D eigenvalue weighted by atomic mass is 10.2. The van der Waals surface area contributed by atoms with Gasteiger partial charge in [0.05, 0.1) is 18.1 Å². The summed E-state index contributed by atoms with van der Waals surface area (Å²) < 4.78 is 5.12. The van der Waals surface area contributed by atoms with Crippen LogP contribution in [0.15, 0.2) is 28.5 Å². The fourth-order valence-electron chi connectivity index (χ4n) is 1.82. The van der Waals surface area contributed by atoms with Crippen LogP contribution in [0.25, 0.3) is 21.7 Å². The van der Waals surface area contributed by atoms with Crippen LogP contribution < -0.4 is 10.3 Å². The summed E-state index contributed by atoms with van der Waals surface area (Å²) in [6.45, 7) is 0. The molecule has 0 aliphatic heterocycles. The summed E-state index contributed by atoms with van der Waals surface area (Å²) in [6.07, 6.45) is 1.58. The van der Waals surface area contributed by atoms with Crippen molar-refractivity contribution in [3.8, 4) is 23.3 Å². The molecular formula is C13H8N4O2S. The normalized spacial score (nSPS) is 10.4. The van der Waals surface area contributed by atoms with Gasteiger partial charge in [0.15, 0.2) is 5.82 Å². The van der Waals surface area contributed by atoms with Crippen molar-refractivity contribution >= 4 is 21.6 Å². The first-order valence-electron chi connectivity index (χ1n) is 5.65. The largest absolute Gasteiger partial charge is 0.497 e. The van der Waals surface area contributed by atoms with E-state index in [1.165, 1.54) is 11.3 Å². The first-order chi connectivity index (χ1) is 9.72. The number of pyridine rings is 1. The molecule has 98 valence electrons. The van der Waals surface area contributed by atoms with E-state index in [2.05, 4.69) is 15.0 Å². The van der Waals surface area contributed by atoms with Gasteiger partial charge < -0.3 is 9.72 Å². The number of ether oxygens (including phenoxy) is 1. The zero-order valence-corrected chi connectivity index (χ0v) is 11.2. The van der Waals surface area contributed by atoms with E-state index in [4.69, 9.17) is 10.00 Å². The van der Waals surface area contributed by atoms with E-state index in [-0.39, 0.29) is 5.56 Å². The second kappa shape index (κ2) is 4.75. The van der Waals surface area contributed by atoms with Gasteiger partial charge >= 0.3 is 0 Å². The Balaban J connectivity index is 2.23. The summed E-state index contributed by atoms with van der Waals surface area (Å²) in [5.41, 5.74) is 0.506. The summed E-state index contributed by atoms with van der Waals surface area (Å²) in [7, 11) is 1.55. The first kappa shape index (κ1) is 12.3. The third kappa shape index (κ3) is 1.92. The number of aromatic nitrogens is 3. The van der Waals surface area contributed by atoms with Crippen LogP contribution in [0.2, 0.25) is 0 Å². The number of aromatic amines is 1. The lowest BCUT2D eigenvalue weighted by molar-refractivity contribution is 0.414. The number of nitrogens with one attached hydrogen (secondary N) is 1. The van der Waals surface area contributed by atoms with E-state index >= 15 is 0 Å². The molecule has 3 rings (SSSR count). The molecule has 3 aromatic rings. The molecule has 0 saturated heterocycles. The van der Waals surface area contributed by atoms with Gasteiger partial charge in [-0.25, -0.2) is 4.98 Å². The Kier molecular flexibility index (Phi) is 2.93. The maximum Gasteiger partial charge on any atom is 0.261 e. The quantitative estimate of drug-likeness (QED) is 0.776. The predicted molar refractivity (Wildman–Crippen MR) is 74.7 cm³/mol. The summed E-state index contributed by atoms with van der Waals surface area (Å²) in [5, 5.41) is 10.9. The van der Waals surface area contributed by atoms with Crippen molar-refractivity contribution in [1.29, 1.82) is 5.26 Å². The van der Waals surface area contributed by atoms with Crippen LogP contribution in [0.3, 0.4) is 0 Å². The third-order valence-corrected chi connectivity index (χ3v) is 3.65. The molecule has 0 spiro atoms. The lowest BCUT2D eigenvalue weighted by Gasteiger charge is -2.03. The van der Waals surface area contributed by atoms with Crippen LogP contribution in [-0.2, 0) is 0 Å². The van der Waals surface area contributed by atoms with Gasteiger partial charge in [0, 0.05) is 17.6 Å². The van der Waals surface area contributed by atoms with Gasteiger partial charge in [0.1, 0.15) is 22.3 Å². The van der Waals surface area contributed by atoms with Crippen LogP contribution in [-0.4, -0.2) is 22.1 Å². The Morgan fingerprint density at radius 3 is 3.10 bits per heavy atom. The maximum atomic E-state index is 12.1. The van der Waals surface area contributed by atoms with Crippen LogP contribution in [0.1, 0.15) is 5.56 Å². The van der Waals surface area contributed by atoms with Crippen molar-refractivity contribution < 1.29 is 4.74 Å². The second-order valence-electron chi connectivity index (χ2n) is 3.94. The number of nitriles is 1. The van der Waals surface area contributed by atoms with Crippen molar-refractivity contribution in [2.45, 2.75) is 0 Å². The van der Waals surface area contributed by atoms with Crippen LogP contribution >= 0.6 is 11.3 Å². The Hall–Kier alpha value is -2.72. The minimum absolute atomic E-state index is 0.323. The standard InChI is InChI=1S/C13H8N4O2S/c1-19-8-2-3-15-9(4-8)11-16-12(18)10-7(5-14)6-20-13(10)17-11/h2-4,6H,1H3,(H,16,17,18). The monoisotopic (exact) mass is 284 g/mol. The van der Waals surface area contributed by atoms with E-state index in [0.29, 0.717) is 33.0 Å². The molecule has 0 fully saturated rings. The van der Waals surface area contributed by atoms with Gasteiger partial charge in [0.25, 0.3) is 5.56 Å². The third-order valence-electron chi connectivity index (χ3n) is 2.77. The van der Waals surface area contributed by atoms with E-state index in [0.717, 1.165) is 0 Å². The Morgan fingerprint density at radius 1 is 1.50 bits per heavy atom. The highest BCUT2D eigenvalue weighted by Gasteiger charge is 2.12. The SMILES string of the molecule is COc1ccnc(-c2nc3scc(C#N)c3c(=O)[nH]2)c1. The summed E-state index contributed by atoms with van der Waals surface area (Å²) in [6, 6.07) is 5.37. The average molecular weight is 284 g/mol. The number of nitrogens with zero attached hydrogens (tertiary/aromatic N) is 3. The summed E-state index contributed by atoms with van der Waals surface area (Å²) in [4.78, 5) is 23.7. The average Bonchev–Trinajstić information content (AvgIpc) is 2.91. The highest BCUT2D eigenvalue weighted by atomic mass is 32.1. The molecule has 0 bridgehead atoms. The van der Waals surface area contributed by atoms with E-state index in [9.17, 15) is 4.79 Å². The van der Waals surface area contributed by atoms with Gasteiger partial charge in [-0.3, -0.25) is 9.78 Å². The molecule has 7 heteroatoms. The van der Waals surface area contributed by atoms with E-state index in [1.807, 2.05) is 6.07 Å². The molecule has 0 aliphatic rings. The Morgan fingerprint density at radius 2 is 2.35 bits per heavy atom. The molecule has 6 nitrogen and oxygen atoms in total. The van der Waals surface area contributed by atoms with Gasteiger partial charge in [-0.05, 0) is 6.07 Å². The lowest BCUT2D eigenvalue weighted by Crippen LogP contribution is -2.09. The first-order valence-corrected chi connectivity index (χ1v) is 6.53. The smallest absolute Gasteiger partial charge is 0.261 e. The molecule has 3 heterocycles. The number of hydrogen-bond donors (Lipinski definition) is 1.